The molecule has 1 saturated heterocycles. The van der Waals surface area contributed by atoms with Crippen molar-refractivity contribution in [1.29, 1.82) is 0 Å². The molecule has 196 valence electrons. The fourth-order valence-corrected chi connectivity index (χ4v) is 4.75. The van der Waals surface area contributed by atoms with Gasteiger partial charge in [-0.15, -0.1) is 0 Å². The van der Waals surface area contributed by atoms with Crippen LogP contribution in [0.15, 0.2) is 121 Å². The molecule has 0 spiro atoms. The van der Waals surface area contributed by atoms with Crippen LogP contribution < -0.4 is 0 Å². The first-order valence-corrected chi connectivity index (χ1v) is 13.1. The van der Waals surface area contributed by atoms with Gasteiger partial charge in [0.1, 0.15) is 30.5 Å². The third-order valence-electron chi connectivity index (χ3n) is 6.75. The van der Waals surface area contributed by atoms with Crippen LogP contribution in [0.3, 0.4) is 0 Å². The maximum absolute atomic E-state index is 11.5. The summed E-state index contributed by atoms with van der Waals surface area (Å²) in [6.45, 7) is 1.40. The number of rotatable bonds is 11. The Morgan fingerprint density at radius 2 is 1.00 bits per heavy atom. The number of benzene rings is 4. The lowest BCUT2D eigenvalue weighted by atomic mass is 9.90. The van der Waals surface area contributed by atoms with E-state index in [0.717, 1.165) is 22.3 Å². The molecule has 0 radical (unpaired) electrons. The first-order valence-electron chi connectivity index (χ1n) is 13.1. The van der Waals surface area contributed by atoms with Gasteiger partial charge in [0.05, 0.1) is 26.4 Å². The standard InChI is InChI=1S/C33H34O5/c34-30-29(24-35-21-25-13-5-1-6-14-25)38-31(28-19-11-4-12-20-28)33(37-23-27-17-9-3-10-18-27)32(30)36-22-26-15-7-2-8-16-26/h1-20,29-34H,21-24H2/t29-,30-,31+,32+,33+/m1/s1. The first-order chi connectivity index (χ1) is 18.8. The quantitative estimate of drug-likeness (QED) is 0.273. The van der Waals surface area contributed by atoms with E-state index >= 15 is 0 Å². The van der Waals surface area contributed by atoms with E-state index in [1.165, 1.54) is 0 Å². The van der Waals surface area contributed by atoms with Crippen LogP contribution in [0.2, 0.25) is 0 Å². The van der Waals surface area contributed by atoms with Crippen molar-refractivity contribution in [2.75, 3.05) is 6.61 Å². The molecule has 5 atom stereocenters. The summed E-state index contributed by atoms with van der Waals surface area (Å²) >= 11 is 0. The lowest BCUT2D eigenvalue weighted by molar-refractivity contribution is -0.263. The summed E-state index contributed by atoms with van der Waals surface area (Å²) in [6.07, 6.45) is -3.10. The second-order valence-electron chi connectivity index (χ2n) is 9.52. The van der Waals surface area contributed by atoms with Crippen molar-refractivity contribution in [2.45, 2.75) is 50.3 Å². The maximum atomic E-state index is 11.5. The van der Waals surface area contributed by atoms with Crippen LogP contribution >= 0.6 is 0 Å². The van der Waals surface area contributed by atoms with Crippen LogP contribution in [0.1, 0.15) is 28.4 Å². The molecular weight excluding hydrogens is 476 g/mol. The smallest absolute Gasteiger partial charge is 0.117 e. The third kappa shape index (κ3) is 6.95. The molecule has 0 aromatic heterocycles. The van der Waals surface area contributed by atoms with Gasteiger partial charge in [-0.2, -0.15) is 0 Å². The molecule has 4 aromatic rings. The van der Waals surface area contributed by atoms with E-state index in [1.54, 1.807) is 0 Å². The summed E-state index contributed by atoms with van der Waals surface area (Å²) < 4.78 is 25.4. The Balaban J connectivity index is 1.38. The van der Waals surface area contributed by atoms with Gasteiger partial charge in [0, 0.05) is 0 Å². The second kappa shape index (κ2) is 13.5. The minimum atomic E-state index is -0.935. The summed E-state index contributed by atoms with van der Waals surface area (Å²) in [7, 11) is 0. The molecule has 0 aliphatic carbocycles. The molecule has 0 saturated carbocycles. The van der Waals surface area contributed by atoms with E-state index in [4.69, 9.17) is 18.9 Å². The fourth-order valence-electron chi connectivity index (χ4n) is 4.75. The SMILES string of the molecule is O[C@H]1[C@H](OCc2ccccc2)[C@@H](OCc2ccccc2)[C@H](c2ccccc2)O[C@@H]1COCc1ccccc1. The molecule has 0 bridgehead atoms. The zero-order valence-electron chi connectivity index (χ0n) is 21.3. The molecule has 1 fully saturated rings. The molecule has 5 rings (SSSR count). The summed E-state index contributed by atoms with van der Waals surface area (Å²) in [4.78, 5) is 0. The number of ether oxygens (including phenoxy) is 4. The van der Waals surface area contributed by atoms with Crippen molar-refractivity contribution in [3.8, 4) is 0 Å². The van der Waals surface area contributed by atoms with Crippen molar-refractivity contribution in [2.24, 2.45) is 0 Å². The minimum absolute atomic E-state index is 0.232. The number of hydrogen-bond donors (Lipinski definition) is 1. The van der Waals surface area contributed by atoms with Crippen LogP contribution in [0.5, 0.6) is 0 Å². The lowest BCUT2D eigenvalue weighted by Gasteiger charge is -2.44. The molecular formula is C33H34O5. The van der Waals surface area contributed by atoms with Gasteiger partial charge < -0.3 is 24.1 Å². The Morgan fingerprint density at radius 1 is 0.553 bits per heavy atom. The number of aliphatic hydroxyl groups is 1. The molecule has 38 heavy (non-hydrogen) atoms. The average Bonchev–Trinajstić information content (AvgIpc) is 2.98. The van der Waals surface area contributed by atoms with Gasteiger partial charge in [0.15, 0.2) is 0 Å². The predicted molar refractivity (Wildman–Crippen MR) is 146 cm³/mol. The van der Waals surface area contributed by atoms with Crippen molar-refractivity contribution in [3.05, 3.63) is 144 Å². The molecule has 1 heterocycles. The van der Waals surface area contributed by atoms with E-state index in [9.17, 15) is 5.11 Å². The van der Waals surface area contributed by atoms with Gasteiger partial charge in [0.2, 0.25) is 0 Å². The van der Waals surface area contributed by atoms with E-state index < -0.39 is 30.5 Å². The molecule has 4 aromatic carbocycles. The van der Waals surface area contributed by atoms with E-state index in [0.29, 0.717) is 19.8 Å². The average molecular weight is 511 g/mol. The van der Waals surface area contributed by atoms with Crippen molar-refractivity contribution in [3.63, 3.8) is 0 Å². The number of hydrogen-bond acceptors (Lipinski definition) is 5. The largest absolute Gasteiger partial charge is 0.387 e. The highest BCUT2D eigenvalue weighted by molar-refractivity contribution is 5.22. The van der Waals surface area contributed by atoms with Gasteiger partial charge in [0.25, 0.3) is 0 Å². The van der Waals surface area contributed by atoms with Crippen LogP contribution in [-0.4, -0.2) is 36.1 Å². The summed E-state index contributed by atoms with van der Waals surface area (Å²) in [5, 5.41) is 11.5. The van der Waals surface area contributed by atoms with Gasteiger partial charge in [-0.1, -0.05) is 121 Å². The molecule has 5 heteroatoms. The summed E-state index contributed by atoms with van der Waals surface area (Å²) in [5.74, 6) is 0. The van der Waals surface area contributed by atoms with Crippen LogP contribution in [0.4, 0.5) is 0 Å². The lowest BCUT2D eigenvalue weighted by Crippen LogP contribution is -2.57. The molecule has 5 nitrogen and oxygen atoms in total. The van der Waals surface area contributed by atoms with Gasteiger partial charge >= 0.3 is 0 Å². The second-order valence-corrected chi connectivity index (χ2v) is 9.52. The summed E-state index contributed by atoms with van der Waals surface area (Å²) in [6, 6.07) is 40.0. The highest BCUT2D eigenvalue weighted by Crippen LogP contribution is 2.37. The number of aliphatic hydroxyl groups excluding tert-OH is 1. The Bertz CT molecular complexity index is 1200. The minimum Gasteiger partial charge on any atom is -0.387 e. The van der Waals surface area contributed by atoms with Crippen LogP contribution in [-0.2, 0) is 38.8 Å². The Hall–Kier alpha value is -3.32. The van der Waals surface area contributed by atoms with Crippen LogP contribution in [0, 0.1) is 0 Å². The third-order valence-corrected chi connectivity index (χ3v) is 6.75. The first kappa shape index (κ1) is 26.3. The molecule has 0 unspecified atom stereocenters. The highest BCUT2D eigenvalue weighted by Gasteiger charge is 2.47. The van der Waals surface area contributed by atoms with E-state index in [-0.39, 0.29) is 6.61 Å². The molecule has 0 amide bonds. The fraction of sp³-hybridized carbons (Fsp3) is 0.273. The van der Waals surface area contributed by atoms with Crippen molar-refractivity contribution in [1.82, 2.24) is 0 Å². The van der Waals surface area contributed by atoms with Crippen LogP contribution in [0.25, 0.3) is 0 Å². The Morgan fingerprint density at radius 3 is 1.53 bits per heavy atom. The van der Waals surface area contributed by atoms with Crippen molar-refractivity contribution < 1.29 is 24.1 Å². The summed E-state index contributed by atoms with van der Waals surface area (Å²) in [5.41, 5.74) is 4.11. The van der Waals surface area contributed by atoms with Crippen molar-refractivity contribution >= 4 is 0 Å². The predicted octanol–water partition coefficient (Wildman–Crippen LogP) is 5.88. The van der Waals surface area contributed by atoms with Gasteiger partial charge in [-0.25, -0.2) is 0 Å². The normalized spacial score (nSPS) is 23.2. The van der Waals surface area contributed by atoms with E-state index in [1.807, 2.05) is 121 Å². The van der Waals surface area contributed by atoms with Gasteiger partial charge in [-0.05, 0) is 22.3 Å². The maximum Gasteiger partial charge on any atom is 0.117 e. The molecule has 1 N–H and O–H groups in total. The topological polar surface area (TPSA) is 57.2 Å². The van der Waals surface area contributed by atoms with E-state index in [2.05, 4.69) is 0 Å². The zero-order chi connectivity index (χ0) is 26.0. The molecule has 1 aliphatic heterocycles. The monoisotopic (exact) mass is 510 g/mol. The Labute approximate surface area is 224 Å². The van der Waals surface area contributed by atoms with Gasteiger partial charge in [-0.3, -0.25) is 0 Å². The highest BCUT2D eigenvalue weighted by atomic mass is 16.6. The zero-order valence-corrected chi connectivity index (χ0v) is 21.3. The Kier molecular flexibility index (Phi) is 9.32. The molecule has 1 aliphatic rings.